The van der Waals surface area contributed by atoms with Crippen molar-refractivity contribution in [3.8, 4) is 0 Å². The van der Waals surface area contributed by atoms with Crippen LogP contribution in [0.4, 0.5) is 17.1 Å². The summed E-state index contributed by atoms with van der Waals surface area (Å²) in [4.78, 5) is 2.38. The minimum atomic E-state index is 0.0900. The van der Waals surface area contributed by atoms with Crippen LogP contribution >= 0.6 is 0 Å². The van der Waals surface area contributed by atoms with Crippen LogP contribution in [0.1, 0.15) is 23.7 Å². The summed E-state index contributed by atoms with van der Waals surface area (Å²) in [5.74, 6) is 0. The number of nitrogens with zero attached hydrogens (tertiary/aromatic N) is 1. The number of ether oxygens (including phenoxy) is 1. The second-order valence-electron chi connectivity index (χ2n) is 7.37. The van der Waals surface area contributed by atoms with Crippen LogP contribution < -0.4 is 15.5 Å². The predicted octanol–water partition coefficient (Wildman–Crippen LogP) is 5.12. The van der Waals surface area contributed by atoms with Crippen molar-refractivity contribution in [1.82, 2.24) is 5.32 Å². The predicted molar refractivity (Wildman–Crippen MR) is 121 cm³/mol. The molecule has 1 aliphatic rings. The van der Waals surface area contributed by atoms with E-state index in [2.05, 4.69) is 88.3 Å². The molecule has 29 heavy (non-hydrogen) atoms. The molecule has 0 aliphatic carbocycles. The maximum absolute atomic E-state index is 6.36. The number of anilines is 3. The van der Waals surface area contributed by atoms with Crippen molar-refractivity contribution in [3.05, 3.63) is 90.0 Å². The van der Waals surface area contributed by atoms with Crippen LogP contribution in [-0.2, 0) is 11.3 Å². The summed E-state index contributed by atoms with van der Waals surface area (Å²) in [6, 6.07) is 27.7. The van der Waals surface area contributed by atoms with Gasteiger partial charge >= 0.3 is 0 Å². The van der Waals surface area contributed by atoms with E-state index in [1.54, 1.807) is 0 Å². The second kappa shape index (κ2) is 9.59. The smallest absolute Gasteiger partial charge is 0.0841 e. The van der Waals surface area contributed by atoms with Gasteiger partial charge in [-0.3, -0.25) is 0 Å². The van der Waals surface area contributed by atoms with E-state index < -0.39 is 0 Å². The zero-order chi connectivity index (χ0) is 19.9. The first-order chi connectivity index (χ1) is 14.3. The zero-order valence-electron chi connectivity index (χ0n) is 17.0. The van der Waals surface area contributed by atoms with E-state index in [4.69, 9.17) is 4.74 Å². The molecule has 1 heterocycles. The average Bonchev–Trinajstić information content (AvgIpc) is 2.79. The van der Waals surface area contributed by atoms with Crippen molar-refractivity contribution >= 4 is 17.1 Å². The molecule has 0 fully saturated rings. The van der Waals surface area contributed by atoms with Gasteiger partial charge in [-0.25, -0.2) is 0 Å². The van der Waals surface area contributed by atoms with Gasteiger partial charge in [-0.2, -0.15) is 0 Å². The number of fused-ring (bicyclic) bond motifs is 1. The molecular formula is C25H29N3O. The van der Waals surface area contributed by atoms with Gasteiger partial charge in [0.15, 0.2) is 0 Å². The van der Waals surface area contributed by atoms with Gasteiger partial charge in [-0.05, 0) is 55.4 Å². The van der Waals surface area contributed by atoms with Crippen LogP contribution in [0.2, 0.25) is 0 Å². The summed E-state index contributed by atoms with van der Waals surface area (Å²) in [7, 11) is 1.98. The van der Waals surface area contributed by atoms with E-state index in [0.29, 0.717) is 6.61 Å². The molecule has 150 valence electrons. The molecule has 1 aliphatic heterocycles. The van der Waals surface area contributed by atoms with Crippen molar-refractivity contribution in [1.29, 1.82) is 0 Å². The van der Waals surface area contributed by atoms with Crippen molar-refractivity contribution in [2.24, 2.45) is 0 Å². The van der Waals surface area contributed by atoms with Gasteiger partial charge in [0, 0.05) is 18.8 Å². The lowest BCUT2D eigenvalue weighted by atomic mass is 10.1. The Labute approximate surface area is 173 Å². The van der Waals surface area contributed by atoms with Crippen molar-refractivity contribution in [2.45, 2.75) is 19.1 Å². The Kier molecular flexibility index (Phi) is 6.45. The molecule has 4 heteroatoms. The highest BCUT2D eigenvalue weighted by atomic mass is 16.5. The van der Waals surface area contributed by atoms with E-state index in [9.17, 15) is 0 Å². The maximum atomic E-state index is 6.36. The Morgan fingerprint density at radius 2 is 1.83 bits per heavy atom. The van der Waals surface area contributed by atoms with Gasteiger partial charge in [0.25, 0.3) is 0 Å². The third kappa shape index (κ3) is 4.78. The van der Waals surface area contributed by atoms with Crippen molar-refractivity contribution in [3.63, 3.8) is 0 Å². The van der Waals surface area contributed by atoms with Gasteiger partial charge in [0.05, 0.1) is 24.1 Å². The highest BCUT2D eigenvalue weighted by Crippen LogP contribution is 2.34. The lowest BCUT2D eigenvalue weighted by Crippen LogP contribution is -2.30. The van der Waals surface area contributed by atoms with Gasteiger partial charge < -0.3 is 20.3 Å². The van der Waals surface area contributed by atoms with E-state index in [1.807, 2.05) is 13.1 Å². The Morgan fingerprint density at radius 1 is 1.00 bits per heavy atom. The maximum Gasteiger partial charge on any atom is 0.0841 e. The van der Waals surface area contributed by atoms with E-state index in [-0.39, 0.29) is 6.10 Å². The molecule has 0 saturated heterocycles. The first kappa shape index (κ1) is 19.5. The summed E-state index contributed by atoms with van der Waals surface area (Å²) in [5, 5.41) is 6.72. The first-order valence-corrected chi connectivity index (χ1v) is 10.4. The van der Waals surface area contributed by atoms with Crippen LogP contribution in [-0.4, -0.2) is 26.7 Å². The van der Waals surface area contributed by atoms with Crippen LogP contribution in [0.3, 0.4) is 0 Å². The third-order valence-corrected chi connectivity index (χ3v) is 5.35. The van der Waals surface area contributed by atoms with Crippen molar-refractivity contribution < 1.29 is 4.74 Å². The minimum Gasteiger partial charge on any atom is -0.382 e. The fourth-order valence-corrected chi connectivity index (χ4v) is 3.85. The molecule has 0 amide bonds. The lowest BCUT2D eigenvalue weighted by Gasteiger charge is -2.32. The molecule has 3 aromatic rings. The first-order valence-electron chi connectivity index (χ1n) is 10.4. The molecule has 0 bridgehead atoms. The number of hydrogen-bond donors (Lipinski definition) is 2. The molecule has 0 aromatic heterocycles. The summed E-state index contributed by atoms with van der Waals surface area (Å²) in [5.41, 5.74) is 6.06. The Hall–Kier alpha value is -2.82. The molecule has 1 unspecified atom stereocenters. The van der Waals surface area contributed by atoms with Gasteiger partial charge in [-0.15, -0.1) is 0 Å². The second-order valence-corrected chi connectivity index (χ2v) is 7.37. The Balaban J connectivity index is 1.49. The highest BCUT2D eigenvalue weighted by Gasteiger charge is 2.18. The Morgan fingerprint density at radius 3 is 2.69 bits per heavy atom. The van der Waals surface area contributed by atoms with Gasteiger partial charge in [0.1, 0.15) is 0 Å². The summed E-state index contributed by atoms with van der Waals surface area (Å²) < 4.78 is 6.36. The van der Waals surface area contributed by atoms with E-state index >= 15 is 0 Å². The molecule has 3 aromatic carbocycles. The standard InChI is InChI=1S/C25H29N3O/c1-26-15-14-25(21-9-3-2-4-10-21)29-19-20-8-7-11-22(18-20)28-17-16-27-23-12-5-6-13-24(23)28/h2-13,18,25-27H,14-17,19H2,1H3. The van der Waals surface area contributed by atoms with E-state index in [0.717, 1.165) is 26.1 Å². The molecule has 2 N–H and O–H groups in total. The zero-order valence-corrected chi connectivity index (χ0v) is 17.0. The normalized spacial score (nSPS) is 14.2. The average molecular weight is 388 g/mol. The molecule has 0 radical (unpaired) electrons. The molecular weight excluding hydrogens is 358 g/mol. The molecule has 0 saturated carbocycles. The van der Waals surface area contributed by atoms with E-state index in [1.165, 1.54) is 28.2 Å². The topological polar surface area (TPSA) is 36.5 Å². The third-order valence-electron chi connectivity index (χ3n) is 5.35. The molecule has 0 spiro atoms. The Bertz CT molecular complexity index is 913. The van der Waals surface area contributed by atoms with Crippen LogP contribution in [0, 0.1) is 0 Å². The van der Waals surface area contributed by atoms with Gasteiger partial charge in [0.2, 0.25) is 0 Å². The summed E-state index contributed by atoms with van der Waals surface area (Å²) >= 11 is 0. The van der Waals surface area contributed by atoms with Crippen LogP contribution in [0.15, 0.2) is 78.9 Å². The number of rotatable bonds is 8. The molecule has 4 rings (SSSR count). The SMILES string of the molecule is CNCCC(OCc1cccc(N2CCNc3ccccc32)c1)c1ccccc1. The number of benzene rings is 3. The summed E-state index contributed by atoms with van der Waals surface area (Å²) in [6.07, 6.45) is 1.04. The van der Waals surface area contributed by atoms with Gasteiger partial charge in [-0.1, -0.05) is 54.6 Å². The fourth-order valence-electron chi connectivity index (χ4n) is 3.85. The number of para-hydroxylation sites is 2. The molecule has 1 atom stereocenters. The van der Waals surface area contributed by atoms with Crippen LogP contribution in [0.5, 0.6) is 0 Å². The fraction of sp³-hybridized carbons (Fsp3) is 0.280. The minimum absolute atomic E-state index is 0.0900. The quantitative estimate of drug-likeness (QED) is 0.563. The largest absolute Gasteiger partial charge is 0.382 e. The number of hydrogen-bond acceptors (Lipinski definition) is 4. The lowest BCUT2D eigenvalue weighted by molar-refractivity contribution is 0.0344. The summed E-state index contributed by atoms with van der Waals surface area (Å²) in [6.45, 7) is 3.43. The highest BCUT2D eigenvalue weighted by molar-refractivity contribution is 5.78. The van der Waals surface area contributed by atoms with Crippen molar-refractivity contribution in [2.75, 3.05) is 36.9 Å². The molecule has 4 nitrogen and oxygen atoms in total. The monoisotopic (exact) mass is 387 g/mol. The van der Waals surface area contributed by atoms with Crippen LogP contribution in [0.25, 0.3) is 0 Å². The number of nitrogens with one attached hydrogen (secondary N) is 2.